The smallest absolute Gasteiger partial charge is 0.0693 e. The number of nitrogens with one attached hydrogen (secondary N) is 1. The van der Waals surface area contributed by atoms with Gasteiger partial charge in [0.2, 0.25) is 0 Å². The highest BCUT2D eigenvalue weighted by molar-refractivity contribution is 4.76. The molecule has 2 unspecified atom stereocenters. The Morgan fingerprint density at radius 3 is 2.40 bits per heavy atom. The van der Waals surface area contributed by atoms with Crippen molar-refractivity contribution < 1.29 is 9.84 Å². The van der Waals surface area contributed by atoms with E-state index in [0.29, 0.717) is 6.04 Å². The topological polar surface area (TPSA) is 41.5 Å². The number of aliphatic hydroxyl groups is 1. The molecule has 3 nitrogen and oxygen atoms in total. The van der Waals surface area contributed by atoms with E-state index in [1.54, 1.807) is 7.11 Å². The monoisotopic (exact) mass is 215 g/mol. The van der Waals surface area contributed by atoms with Gasteiger partial charge >= 0.3 is 0 Å². The van der Waals surface area contributed by atoms with Crippen LogP contribution in [0, 0.1) is 5.92 Å². The lowest BCUT2D eigenvalue weighted by Gasteiger charge is -2.28. The Hall–Kier alpha value is -0.120. The van der Waals surface area contributed by atoms with E-state index in [-0.39, 0.29) is 12.2 Å². The molecule has 1 rings (SSSR count). The van der Waals surface area contributed by atoms with Crippen molar-refractivity contribution in [3.63, 3.8) is 0 Å². The molecule has 0 aliphatic heterocycles. The van der Waals surface area contributed by atoms with Crippen molar-refractivity contribution in [2.24, 2.45) is 5.92 Å². The second kappa shape index (κ2) is 6.46. The van der Waals surface area contributed by atoms with Gasteiger partial charge in [0, 0.05) is 13.2 Å². The van der Waals surface area contributed by atoms with E-state index in [1.165, 1.54) is 0 Å². The average molecular weight is 215 g/mol. The fraction of sp³-hybridized carbons (Fsp3) is 1.00. The zero-order valence-corrected chi connectivity index (χ0v) is 10.2. The summed E-state index contributed by atoms with van der Waals surface area (Å²) in [6.07, 6.45) is 4.47. The highest BCUT2D eigenvalue weighted by Gasteiger charge is 2.20. The number of hydrogen-bond acceptors (Lipinski definition) is 3. The van der Waals surface area contributed by atoms with Crippen LogP contribution in [-0.4, -0.2) is 37.0 Å². The lowest BCUT2D eigenvalue weighted by molar-refractivity contribution is 0.0804. The summed E-state index contributed by atoms with van der Waals surface area (Å²) in [7, 11) is 1.75. The standard InChI is InChI=1S/C12H25NO2/c1-9(10(2)15-3)13-8-11-4-6-12(14)7-5-11/h9-14H,4-8H2,1-3H3. The molecule has 1 aliphatic rings. The van der Waals surface area contributed by atoms with Gasteiger partial charge in [0.1, 0.15) is 0 Å². The second-order valence-electron chi connectivity index (χ2n) is 4.81. The van der Waals surface area contributed by atoms with Gasteiger partial charge in [-0.3, -0.25) is 0 Å². The molecule has 0 aromatic heterocycles. The maximum absolute atomic E-state index is 9.39. The molecule has 0 radical (unpaired) electrons. The van der Waals surface area contributed by atoms with Gasteiger partial charge in [-0.2, -0.15) is 0 Å². The Morgan fingerprint density at radius 2 is 1.87 bits per heavy atom. The van der Waals surface area contributed by atoms with Crippen LogP contribution in [0.5, 0.6) is 0 Å². The van der Waals surface area contributed by atoms with Crippen LogP contribution >= 0.6 is 0 Å². The maximum atomic E-state index is 9.39. The summed E-state index contributed by atoms with van der Waals surface area (Å²) in [5.74, 6) is 0.736. The van der Waals surface area contributed by atoms with E-state index in [1.807, 2.05) is 0 Å². The Bertz CT molecular complexity index is 167. The Morgan fingerprint density at radius 1 is 1.27 bits per heavy atom. The molecule has 0 heterocycles. The molecule has 2 atom stereocenters. The molecule has 0 aromatic rings. The normalized spacial score (nSPS) is 31.2. The zero-order valence-electron chi connectivity index (χ0n) is 10.2. The van der Waals surface area contributed by atoms with E-state index < -0.39 is 0 Å². The number of hydrogen-bond donors (Lipinski definition) is 2. The minimum absolute atomic E-state index is 0.0448. The molecule has 0 spiro atoms. The summed E-state index contributed by atoms with van der Waals surface area (Å²) in [4.78, 5) is 0. The molecule has 1 fully saturated rings. The summed E-state index contributed by atoms with van der Waals surface area (Å²) in [6, 6.07) is 0.404. The first kappa shape index (κ1) is 12.9. The van der Waals surface area contributed by atoms with E-state index in [0.717, 1.165) is 38.1 Å². The molecule has 90 valence electrons. The van der Waals surface area contributed by atoms with Crippen molar-refractivity contribution >= 4 is 0 Å². The van der Waals surface area contributed by atoms with Crippen molar-refractivity contribution in [2.45, 2.75) is 57.8 Å². The molecule has 15 heavy (non-hydrogen) atoms. The largest absolute Gasteiger partial charge is 0.393 e. The van der Waals surface area contributed by atoms with Crippen molar-refractivity contribution in [3.05, 3.63) is 0 Å². The van der Waals surface area contributed by atoms with Crippen molar-refractivity contribution in [2.75, 3.05) is 13.7 Å². The van der Waals surface area contributed by atoms with Gasteiger partial charge in [-0.05, 0) is 52.0 Å². The van der Waals surface area contributed by atoms with Gasteiger partial charge in [-0.15, -0.1) is 0 Å². The molecule has 1 saturated carbocycles. The third-order valence-corrected chi connectivity index (χ3v) is 3.62. The lowest BCUT2D eigenvalue weighted by Crippen LogP contribution is -2.40. The summed E-state index contributed by atoms with van der Waals surface area (Å²) >= 11 is 0. The molecular formula is C12H25NO2. The summed E-state index contributed by atoms with van der Waals surface area (Å²) in [5.41, 5.74) is 0. The van der Waals surface area contributed by atoms with Crippen molar-refractivity contribution in [3.8, 4) is 0 Å². The third-order valence-electron chi connectivity index (χ3n) is 3.62. The molecular weight excluding hydrogens is 190 g/mol. The van der Waals surface area contributed by atoms with Gasteiger partial charge in [-0.25, -0.2) is 0 Å². The Kier molecular flexibility index (Phi) is 5.58. The molecule has 2 N–H and O–H groups in total. The number of ether oxygens (including phenoxy) is 1. The van der Waals surface area contributed by atoms with E-state index in [9.17, 15) is 5.11 Å². The number of aliphatic hydroxyl groups excluding tert-OH is 1. The van der Waals surface area contributed by atoms with E-state index in [4.69, 9.17) is 4.74 Å². The fourth-order valence-corrected chi connectivity index (χ4v) is 2.07. The molecule has 1 aliphatic carbocycles. The highest BCUT2D eigenvalue weighted by Crippen LogP contribution is 2.23. The molecule has 0 bridgehead atoms. The summed E-state index contributed by atoms with van der Waals surface area (Å²) in [5, 5.41) is 12.9. The van der Waals surface area contributed by atoms with Gasteiger partial charge in [-0.1, -0.05) is 0 Å². The van der Waals surface area contributed by atoms with Gasteiger partial charge in [0.25, 0.3) is 0 Å². The van der Waals surface area contributed by atoms with Crippen LogP contribution in [0.4, 0.5) is 0 Å². The molecule has 0 aromatic carbocycles. The average Bonchev–Trinajstić information content (AvgIpc) is 2.26. The predicted molar refractivity (Wildman–Crippen MR) is 61.9 cm³/mol. The van der Waals surface area contributed by atoms with Crippen molar-refractivity contribution in [1.29, 1.82) is 0 Å². The van der Waals surface area contributed by atoms with Gasteiger partial charge in [0.15, 0.2) is 0 Å². The molecule has 0 saturated heterocycles. The SMILES string of the molecule is COC(C)C(C)NCC1CCC(O)CC1. The summed E-state index contributed by atoms with van der Waals surface area (Å²) in [6.45, 7) is 5.30. The second-order valence-corrected chi connectivity index (χ2v) is 4.81. The zero-order chi connectivity index (χ0) is 11.3. The highest BCUT2D eigenvalue weighted by atomic mass is 16.5. The molecule has 3 heteroatoms. The van der Waals surface area contributed by atoms with Crippen LogP contribution in [0.1, 0.15) is 39.5 Å². The first-order chi connectivity index (χ1) is 7.13. The van der Waals surface area contributed by atoms with Crippen LogP contribution in [0.2, 0.25) is 0 Å². The first-order valence-corrected chi connectivity index (χ1v) is 6.07. The first-order valence-electron chi connectivity index (χ1n) is 6.07. The van der Waals surface area contributed by atoms with Gasteiger partial charge < -0.3 is 15.2 Å². The van der Waals surface area contributed by atoms with Crippen LogP contribution in [0.15, 0.2) is 0 Å². The van der Waals surface area contributed by atoms with Crippen molar-refractivity contribution in [1.82, 2.24) is 5.32 Å². The van der Waals surface area contributed by atoms with E-state index in [2.05, 4.69) is 19.2 Å². The summed E-state index contributed by atoms with van der Waals surface area (Å²) < 4.78 is 5.27. The number of methoxy groups -OCH3 is 1. The Labute approximate surface area is 93.2 Å². The quantitative estimate of drug-likeness (QED) is 0.731. The van der Waals surface area contributed by atoms with Gasteiger partial charge in [0.05, 0.1) is 12.2 Å². The lowest BCUT2D eigenvalue weighted by atomic mass is 9.87. The van der Waals surface area contributed by atoms with Crippen LogP contribution < -0.4 is 5.32 Å². The maximum Gasteiger partial charge on any atom is 0.0693 e. The number of rotatable bonds is 5. The Balaban J connectivity index is 2.14. The minimum atomic E-state index is -0.0448. The predicted octanol–water partition coefficient (Wildman–Crippen LogP) is 1.55. The van der Waals surface area contributed by atoms with Crippen LogP contribution in [0.25, 0.3) is 0 Å². The fourth-order valence-electron chi connectivity index (χ4n) is 2.07. The van der Waals surface area contributed by atoms with E-state index >= 15 is 0 Å². The van der Waals surface area contributed by atoms with Crippen LogP contribution in [-0.2, 0) is 4.74 Å². The van der Waals surface area contributed by atoms with Crippen LogP contribution in [0.3, 0.4) is 0 Å². The third kappa shape index (κ3) is 4.49. The minimum Gasteiger partial charge on any atom is -0.393 e. The molecule has 0 amide bonds.